The van der Waals surface area contributed by atoms with Crippen LogP contribution in [0, 0.1) is 17.8 Å². The molecule has 15 amide bonds. The molecule has 0 radical (unpaired) electrons. The largest absolute Gasteiger partial charge is 0.508 e. The average molecular weight is 1850 g/mol. The smallest absolute Gasteiger partial charge is 0.305 e. The number of aromatic nitrogens is 1. The predicted octanol–water partition coefficient (Wildman–Crippen LogP) is 3.35. The molecule has 4 unspecified atom stereocenters. The number of likely N-dealkylation sites (N-methyl/N-ethyl adjacent to an activating group) is 5. The van der Waals surface area contributed by atoms with Gasteiger partial charge in [-0.2, -0.15) is 0 Å². The molecule has 4 fully saturated rings. The van der Waals surface area contributed by atoms with Crippen LogP contribution in [0.4, 0.5) is 0 Å². The van der Waals surface area contributed by atoms with E-state index in [1.807, 2.05) is 6.92 Å². The third-order valence-electron chi connectivity index (χ3n) is 25.6. The molecule has 3 spiro atoms. The van der Waals surface area contributed by atoms with Crippen molar-refractivity contribution in [3.8, 4) is 11.5 Å². The molecule has 1 aromatic heterocycles. The Kier molecular flexibility index (Phi) is 32.7. The highest BCUT2D eigenvalue weighted by atomic mass is 32.2. The fourth-order valence-corrected chi connectivity index (χ4v) is 18.6. The first kappa shape index (κ1) is 99.9. The van der Waals surface area contributed by atoms with E-state index in [0.717, 1.165) is 26.5 Å². The molecular weight excluding hydrogens is 1730 g/mol. The molecular formula is C97H120N16O19S. The van der Waals surface area contributed by atoms with Crippen molar-refractivity contribution >= 4 is 117 Å². The second-order valence-corrected chi connectivity index (χ2v) is 37.0. The van der Waals surface area contributed by atoms with Gasteiger partial charge in [0.25, 0.3) is 0 Å². The number of nitrogens with two attached hydrogens (primary N) is 1. The van der Waals surface area contributed by atoms with Crippen molar-refractivity contribution < 1.29 is 92.0 Å². The van der Waals surface area contributed by atoms with Crippen molar-refractivity contribution in [3.05, 3.63) is 203 Å². The highest BCUT2D eigenvalue weighted by molar-refractivity contribution is 8.00. The van der Waals surface area contributed by atoms with Gasteiger partial charge in [-0.1, -0.05) is 174 Å². The van der Waals surface area contributed by atoms with Crippen molar-refractivity contribution in [2.24, 2.45) is 23.5 Å². The molecule has 2 heterocycles. The summed E-state index contributed by atoms with van der Waals surface area (Å²) in [6.45, 7) is 8.43. The van der Waals surface area contributed by atoms with Crippen LogP contribution in [-0.2, 0) is 102 Å². The third kappa shape index (κ3) is 24.2. The molecule has 3 saturated carbocycles. The lowest BCUT2D eigenvalue weighted by atomic mass is 9.98. The number of carboxylic acids is 1. The number of hydrogen-bond donors (Lipinski definition) is 14. The first-order valence-corrected chi connectivity index (χ1v) is 45.7. The number of hydrogen-bond acceptors (Lipinski definition) is 19. The number of nitrogens with one attached hydrogen (secondary N) is 10. The van der Waals surface area contributed by atoms with Crippen LogP contribution in [0.5, 0.6) is 11.5 Å². The number of para-hydroxylation sites is 1. The van der Waals surface area contributed by atoms with Gasteiger partial charge < -0.3 is 98.4 Å². The monoisotopic (exact) mass is 1840 g/mol. The summed E-state index contributed by atoms with van der Waals surface area (Å²) >= 11 is 0.852. The van der Waals surface area contributed by atoms with E-state index in [1.165, 1.54) is 88.4 Å². The van der Waals surface area contributed by atoms with Crippen LogP contribution >= 0.6 is 11.8 Å². The highest BCUT2D eigenvalue weighted by Gasteiger charge is 2.68. The summed E-state index contributed by atoms with van der Waals surface area (Å²) in [6.07, 6.45) is 0.630. The number of phenolic OH excluding ortho intramolecular Hbond substituents is 2. The Bertz CT molecular complexity index is 5460. The van der Waals surface area contributed by atoms with Crippen molar-refractivity contribution in [1.82, 2.24) is 77.3 Å². The standard InChI is InChI=1S/C97H120N16O19S/c1-12-24-64-47-97(64)94(132)110(8)57(6)83(121)102-74(46-81(119)120)88(126)106-82(56(4)5)91(129)111(9)76(43-58-25-16-13-17-26-58)89(127)108-95(48-69(95)62-35-39-66(115)40-36-62)92(130)109(7)52-79(117)101-73(45-63-50-99-70-32-23-22-31-67(63)70)87(125)104-72(42-60-33-37-65(114)38-34-60)86(124)103-71(41-55(2)3)85(123)105-75(84(122)100-51-78(98)116)53-133-54-80(118)107-96(49-68(96)61-29-20-15-21-30-61)93(131)112(10)77(90(128)113(97)11)44-59-27-18-14-19-28-59/h13-23,25-40,50,55-57,64,68-69,71-77,82,99,114-115H,12,24,41-49,51-54H2,1-11H3,(H2,98,116)(H,100,122)(H,101,117)(H,102,121)(H,103,124)(H,104,125)(H,105,123)(H,106,126)(H,107,118)(H,108,127)(H,119,120)/t57-,64+,68?,69+,71-,72-,73-,74-,75-,76-,77-,82-,95?,96?,97?/m0/s1. The zero-order valence-electron chi connectivity index (χ0n) is 76.5. The maximum absolute atomic E-state index is 16.0. The Morgan fingerprint density at radius 1 is 0.526 bits per heavy atom. The summed E-state index contributed by atoms with van der Waals surface area (Å²) in [6, 6.07) is 30.7. The number of carboxylic acid groups (broad SMARTS) is 1. The lowest BCUT2D eigenvalue weighted by Gasteiger charge is -2.39. The van der Waals surface area contributed by atoms with Crippen molar-refractivity contribution in [2.45, 2.75) is 195 Å². The topological polar surface area (TPSA) is 500 Å². The van der Waals surface area contributed by atoms with Gasteiger partial charge in [-0.3, -0.25) is 76.7 Å². The van der Waals surface area contributed by atoms with Gasteiger partial charge in [-0.15, -0.1) is 11.8 Å². The number of carbonyl (C=O) groups is 16. The number of carbonyl (C=O) groups excluding carboxylic acids is 15. The second kappa shape index (κ2) is 43.6. The highest BCUT2D eigenvalue weighted by Crippen LogP contribution is 2.56. The van der Waals surface area contributed by atoms with Crippen molar-refractivity contribution in [3.63, 3.8) is 0 Å². The fourth-order valence-electron chi connectivity index (χ4n) is 17.8. The molecule has 3 aliphatic carbocycles. The normalized spacial score (nSPS) is 26.5. The second-order valence-electron chi connectivity index (χ2n) is 36.0. The fraction of sp³-hybridized carbons (Fsp3) is 0.443. The molecule has 15 N–H and O–H groups in total. The van der Waals surface area contributed by atoms with E-state index >= 15 is 47.9 Å². The van der Waals surface area contributed by atoms with E-state index in [1.54, 1.807) is 161 Å². The van der Waals surface area contributed by atoms with Crippen molar-refractivity contribution in [1.29, 1.82) is 0 Å². The van der Waals surface area contributed by atoms with Gasteiger partial charge >= 0.3 is 5.97 Å². The Morgan fingerprint density at radius 2 is 1.05 bits per heavy atom. The number of phenols is 2. The van der Waals surface area contributed by atoms with Gasteiger partial charge in [0.2, 0.25) is 88.6 Å². The number of aliphatic carboxylic acids is 1. The quantitative estimate of drug-likeness (QED) is 0.0520. The van der Waals surface area contributed by atoms with Gasteiger partial charge in [-0.25, -0.2) is 0 Å². The van der Waals surface area contributed by atoms with E-state index in [-0.39, 0.29) is 74.5 Å². The van der Waals surface area contributed by atoms with E-state index < -0.39 is 215 Å². The van der Waals surface area contributed by atoms with Gasteiger partial charge in [-0.05, 0) is 120 Å². The van der Waals surface area contributed by atoms with E-state index in [2.05, 4.69) is 52.8 Å². The lowest BCUT2D eigenvalue weighted by Crippen LogP contribution is -2.62. The van der Waals surface area contributed by atoms with Gasteiger partial charge in [0, 0.05) is 95.6 Å². The summed E-state index contributed by atoms with van der Waals surface area (Å²) in [7, 11) is 6.78. The van der Waals surface area contributed by atoms with Gasteiger partial charge in [0.15, 0.2) is 0 Å². The summed E-state index contributed by atoms with van der Waals surface area (Å²) in [5.41, 5.74) is 4.06. The number of aromatic hydroxyl groups is 2. The number of amides is 15. The SMILES string of the molecule is CCC[C@@H]1CC12C(=O)N(C)[C@@H](C)C(=O)N[C@@H](CC(=O)O)C(=O)N[C@@H](C(C)C)C(=O)N(C)[C@@H](Cc1ccccc1)C(=O)NC1(C[C@@H]1c1ccc(O)cc1)C(=O)N(C)CC(=O)N[C@@H](Cc1c[nH]c3ccccc13)C(=O)N[C@@H](Cc1ccc(O)cc1)C(=O)N[C@@H](CC(C)C)C(=O)N[C@H](C(=O)NCC(N)=O)CSCC(=O)NC1(CC1c1ccccc1)C(=O)N(C)[C@@H](Cc1ccccc1)C(=O)N2C. The summed E-state index contributed by atoms with van der Waals surface area (Å²) in [5.74, 6) is -19.0. The van der Waals surface area contributed by atoms with Gasteiger partial charge in [0.05, 0.1) is 25.3 Å². The lowest BCUT2D eigenvalue weighted by molar-refractivity contribution is -0.154. The first-order chi connectivity index (χ1) is 63.2. The maximum atomic E-state index is 16.0. The predicted molar refractivity (Wildman–Crippen MR) is 494 cm³/mol. The molecule has 133 heavy (non-hydrogen) atoms. The Hall–Kier alpha value is -13.7. The molecule has 1 aliphatic heterocycles. The van der Waals surface area contributed by atoms with Crippen LogP contribution in [0.1, 0.15) is 132 Å². The molecule has 4 aliphatic rings. The van der Waals surface area contributed by atoms with E-state index in [9.17, 15) is 44.1 Å². The molecule has 708 valence electrons. The number of benzene rings is 6. The number of nitrogens with zero attached hydrogens (tertiary/aromatic N) is 5. The Morgan fingerprint density at radius 3 is 1.64 bits per heavy atom. The number of H-pyrrole nitrogens is 1. The maximum Gasteiger partial charge on any atom is 0.305 e. The average Bonchev–Trinajstić information content (AvgIpc) is 1.55. The van der Waals surface area contributed by atoms with Crippen LogP contribution in [0.15, 0.2) is 170 Å². The first-order valence-electron chi connectivity index (χ1n) is 44.6. The van der Waals surface area contributed by atoms with Crippen LogP contribution < -0.4 is 53.6 Å². The van der Waals surface area contributed by atoms with Crippen LogP contribution in [0.3, 0.4) is 0 Å². The van der Waals surface area contributed by atoms with Crippen LogP contribution in [0.25, 0.3) is 10.9 Å². The molecule has 11 rings (SSSR count). The van der Waals surface area contributed by atoms with E-state index in [4.69, 9.17) is 5.73 Å². The zero-order valence-corrected chi connectivity index (χ0v) is 77.3. The minimum absolute atomic E-state index is 0.0364. The van der Waals surface area contributed by atoms with Crippen LogP contribution in [-0.4, -0.2) is 270 Å². The Balaban J connectivity index is 0.975. The number of aromatic amines is 1. The number of primary amides is 1. The van der Waals surface area contributed by atoms with Crippen LogP contribution in [0.2, 0.25) is 0 Å². The molecule has 7 aromatic rings. The third-order valence-corrected chi connectivity index (χ3v) is 26.6. The summed E-state index contributed by atoms with van der Waals surface area (Å²) in [5, 5.41) is 56.5. The molecule has 36 heteroatoms. The molecule has 35 nitrogen and oxygen atoms in total. The minimum Gasteiger partial charge on any atom is -0.508 e. The van der Waals surface area contributed by atoms with Crippen molar-refractivity contribution in [2.75, 3.05) is 59.8 Å². The molecule has 15 atom stereocenters. The number of thioether (sulfide) groups is 1. The number of rotatable bonds is 20. The molecule has 1 saturated heterocycles. The molecule has 6 aromatic carbocycles. The minimum atomic E-state index is -1.92. The van der Waals surface area contributed by atoms with E-state index in [0.29, 0.717) is 57.1 Å². The summed E-state index contributed by atoms with van der Waals surface area (Å²) in [4.78, 5) is 248. The molecule has 0 bridgehead atoms. The summed E-state index contributed by atoms with van der Waals surface area (Å²) < 4.78 is 0. The number of fused-ring (bicyclic) bond motifs is 1. The van der Waals surface area contributed by atoms with Gasteiger partial charge in [0.1, 0.15) is 82.5 Å². The Labute approximate surface area is 775 Å². The zero-order chi connectivity index (χ0) is 96.7.